The van der Waals surface area contributed by atoms with Crippen molar-refractivity contribution in [3.63, 3.8) is 0 Å². The predicted octanol–water partition coefficient (Wildman–Crippen LogP) is 6.61. The largest absolute Gasteiger partial charge is 0.472 e. The minimum absolute atomic E-state index is 0.155. The van der Waals surface area contributed by atoms with Crippen LogP contribution in [0.25, 0.3) is 5.52 Å². The zero-order valence-electron chi connectivity index (χ0n) is 30.7. The molecule has 3 heterocycles. The van der Waals surface area contributed by atoms with Crippen LogP contribution in [0.4, 0.5) is 5.82 Å². The van der Waals surface area contributed by atoms with Gasteiger partial charge in [0.2, 0.25) is 0 Å². The molecule has 1 aliphatic carbocycles. The lowest BCUT2D eigenvalue weighted by molar-refractivity contribution is -0.127. The highest BCUT2D eigenvalue weighted by Crippen LogP contribution is 2.63. The van der Waals surface area contributed by atoms with Gasteiger partial charge in [0, 0.05) is 6.61 Å². The van der Waals surface area contributed by atoms with Crippen LogP contribution in [0.1, 0.15) is 136 Å². The van der Waals surface area contributed by atoms with Crippen LogP contribution in [0.15, 0.2) is 18.5 Å². The average molecular weight is 727 g/mol. The molecule has 2 aliphatic rings. The summed E-state index contributed by atoms with van der Waals surface area (Å²) in [5.41, 5.74) is 3.56. The third-order valence-electron chi connectivity index (χ3n) is 9.98. The Labute approximate surface area is 298 Å². The SMILES string of the molecule is CCCCCCCCCCCCCCCCCCOC[C@H](COP(=O)(O)OC1[C@H]2O[C@@](C)(c3ccc4c(N)ncnn34)[C@H](O)[C@@]12O)OC(C)C. The minimum Gasteiger partial charge on any atom is -0.386 e. The zero-order valence-corrected chi connectivity index (χ0v) is 31.6. The molecule has 1 saturated carbocycles. The molecule has 4 rings (SSSR count). The molecule has 14 heteroatoms. The molecule has 50 heavy (non-hydrogen) atoms. The first-order chi connectivity index (χ1) is 23.9. The van der Waals surface area contributed by atoms with Crippen LogP contribution in [0.5, 0.6) is 0 Å². The van der Waals surface area contributed by atoms with Gasteiger partial charge in [-0.2, -0.15) is 5.10 Å². The lowest BCUT2D eigenvalue weighted by Crippen LogP contribution is -2.46. The second kappa shape index (κ2) is 19.4. The number of fused-ring (bicyclic) bond motifs is 2. The van der Waals surface area contributed by atoms with Crippen molar-refractivity contribution in [2.24, 2.45) is 0 Å². The highest BCUT2D eigenvalue weighted by atomic mass is 31.2. The summed E-state index contributed by atoms with van der Waals surface area (Å²) in [5.74, 6) is 0.246. The Balaban J connectivity index is 1.08. The molecule has 2 fully saturated rings. The fourth-order valence-electron chi connectivity index (χ4n) is 7.07. The quantitative estimate of drug-likeness (QED) is 0.0573. The number of nitrogens with two attached hydrogens (primary N) is 1. The van der Waals surface area contributed by atoms with Crippen LogP contribution in [0.2, 0.25) is 0 Å². The molecule has 1 saturated heterocycles. The average Bonchev–Trinajstić information content (AvgIpc) is 3.33. The minimum atomic E-state index is -4.66. The number of aliphatic hydroxyl groups is 2. The number of phosphoric acid groups is 1. The molecule has 2 aromatic heterocycles. The van der Waals surface area contributed by atoms with Gasteiger partial charge in [0.15, 0.2) is 11.4 Å². The monoisotopic (exact) mass is 726 g/mol. The molecule has 2 unspecified atom stereocenters. The second-order valence-electron chi connectivity index (χ2n) is 14.6. The van der Waals surface area contributed by atoms with E-state index >= 15 is 0 Å². The van der Waals surface area contributed by atoms with Crippen LogP contribution in [0, 0.1) is 0 Å². The van der Waals surface area contributed by atoms with Gasteiger partial charge in [-0.1, -0.05) is 103 Å². The van der Waals surface area contributed by atoms with E-state index in [2.05, 4.69) is 17.0 Å². The van der Waals surface area contributed by atoms with Crippen LogP contribution < -0.4 is 5.73 Å². The van der Waals surface area contributed by atoms with Gasteiger partial charge in [0.05, 0.1) is 25.0 Å². The van der Waals surface area contributed by atoms with Crippen molar-refractivity contribution in [3.05, 3.63) is 24.2 Å². The molecular weight excluding hydrogens is 663 g/mol. The van der Waals surface area contributed by atoms with E-state index in [0.717, 1.165) is 12.8 Å². The Bertz CT molecular complexity index is 1350. The van der Waals surface area contributed by atoms with E-state index in [-0.39, 0.29) is 25.1 Å². The molecule has 0 amide bonds. The first-order valence-corrected chi connectivity index (χ1v) is 20.5. The number of aromatic nitrogens is 3. The van der Waals surface area contributed by atoms with Crippen molar-refractivity contribution in [3.8, 4) is 0 Å². The Kier molecular flexibility index (Phi) is 16.0. The van der Waals surface area contributed by atoms with Crippen LogP contribution >= 0.6 is 7.82 Å². The van der Waals surface area contributed by atoms with Gasteiger partial charge in [-0.3, -0.25) is 9.05 Å². The van der Waals surface area contributed by atoms with Gasteiger partial charge in [0.25, 0.3) is 0 Å². The van der Waals surface area contributed by atoms with E-state index in [0.29, 0.717) is 17.8 Å². The van der Waals surface area contributed by atoms with Crippen molar-refractivity contribution in [1.29, 1.82) is 0 Å². The molecule has 13 nitrogen and oxygen atoms in total. The van der Waals surface area contributed by atoms with Gasteiger partial charge in [-0.25, -0.2) is 14.1 Å². The van der Waals surface area contributed by atoms with E-state index < -0.39 is 43.4 Å². The van der Waals surface area contributed by atoms with Gasteiger partial charge in [0.1, 0.15) is 41.9 Å². The zero-order chi connectivity index (χ0) is 36.2. The molecule has 5 N–H and O–H groups in total. The molecule has 1 aliphatic heterocycles. The molecule has 2 aromatic rings. The first-order valence-electron chi connectivity index (χ1n) is 19.0. The highest BCUT2D eigenvalue weighted by Gasteiger charge is 2.82. The number of aliphatic hydroxyl groups excluding tert-OH is 1. The number of anilines is 1. The van der Waals surface area contributed by atoms with E-state index in [9.17, 15) is 19.7 Å². The van der Waals surface area contributed by atoms with Crippen molar-refractivity contribution >= 4 is 19.2 Å². The fraction of sp³-hybridized carbons (Fsp3) is 0.833. The molecular formula is C36H63N4O9P. The van der Waals surface area contributed by atoms with Gasteiger partial charge >= 0.3 is 7.82 Å². The summed E-state index contributed by atoms with van der Waals surface area (Å²) in [6.45, 7) is 8.12. The maximum Gasteiger partial charge on any atom is 0.472 e. The molecule has 286 valence electrons. The number of unbranched alkanes of at least 4 members (excludes halogenated alkanes) is 15. The number of rotatable bonds is 27. The smallest absolute Gasteiger partial charge is 0.386 e. The number of hydrogen-bond acceptors (Lipinski definition) is 11. The Morgan fingerprint density at radius 1 is 0.960 bits per heavy atom. The van der Waals surface area contributed by atoms with Crippen LogP contribution in [-0.2, 0) is 33.4 Å². The number of phosphoric ester groups is 1. The van der Waals surface area contributed by atoms with Gasteiger partial charge < -0.3 is 35.1 Å². The van der Waals surface area contributed by atoms with E-state index in [1.807, 2.05) is 13.8 Å². The Hall–Kier alpha value is -1.67. The summed E-state index contributed by atoms with van der Waals surface area (Å²) in [7, 11) is -4.66. The maximum absolute atomic E-state index is 12.9. The third kappa shape index (κ3) is 10.9. The Morgan fingerprint density at radius 3 is 2.08 bits per heavy atom. The van der Waals surface area contributed by atoms with Gasteiger partial charge in [-0.15, -0.1) is 0 Å². The summed E-state index contributed by atoms with van der Waals surface area (Å²) < 4.78 is 42.7. The standard InChI is InChI=1S/C36H63N4O9P/c1-5-6-7-8-9-10-11-12-13-14-15-16-17-18-19-20-23-45-24-28(47-27(2)3)25-46-50(43,44)49-32-31-36(32,42)34(41)35(4,48-31)30-22-21-29-33(37)38-26-39-40(29)30/h21-22,26-28,31-32,34,41-42H,5-20,23-25H2,1-4H3,(H,43,44)(H2,37,38,39)/t28-,31-,32?,34+,35+,36+/m1/s1. The summed E-state index contributed by atoms with van der Waals surface area (Å²) in [6.07, 6.45) is 17.6. The van der Waals surface area contributed by atoms with Crippen molar-refractivity contribution < 1.29 is 42.9 Å². The number of hydrogen-bond donors (Lipinski definition) is 4. The normalized spacial score (nSPS) is 26.4. The van der Waals surface area contributed by atoms with Crippen LogP contribution in [-0.4, -0.2) is 85.6 Å². The van der Waals surface area contributed by atoms with Crippen molar-refractivity contribution in [2.75, 3.05) is 25.6 Å². The predicted molar refractivity (Wildman–Crippen MR) is 192 cm³/mol. The lowest BCUT2D eigenvalue weighted by atomic mass is 9.91. The first kappa shape index (κ1) is 41.1. The molecule has 0 aromatic carbocycles. The summed E-state index contributed by atoms with van der Waals surface area (Å²) in [6, 6.07) is 3.36. The molecule has 0 bridgehead atoms. The van der Waals surface area contributed by atoms with Crippen molar-refractivity contribution in [2.45, 2.75) is 172 Å². The van der Waals surface area contributed by atoms with E-state index in [4.69, 9.17) is 29.0 Å². The Morgan fingerprint density at radius 2 is 1.54 bits per heavy atom. The number of nitrogen functional groups attached to an aromatic ring is 1. The fourth-order valence-corrected chi connectivity index (χ4v) is 8.05. The van der Waals surface area contributed by atoms with Crippen molar-refractivity contribution in [1.82, 2.24) is 14.6 Å². The molecule has 0 radical (unpaired) electrons. The third-order valence-corrected chi connectivity index (χ3v) is 10.9. The summed E-state index contributed by atoms with van der Waals surface area (Å²) in [5, 5.41) is 26.6. The second-order valence-corrected chi connectivity index (χ2v) is 16.0. The summed E-state index contributed by atoms with van der Waals surface area (Å²) in [4.78, 5) is 14.5. The maximum atomic E-state index is 12.9. The van der Waals surface area contributed by atoms with Gasteiger partial charge in [-0.05, 0) is 39.3 Å². The summed E-state index contributed by atoms with van der Waals surface area (Å²) >= 11 is 0. The van der Waals surface area contributed by atoms with E-state index in [1.165, 1.54) is 101 Å². The topological polar surface area (TPSA) is 180 Å². The molecule has 0 spiro atoms. The number of ether oxygens (including phenoxy) is 3. The lowest BCUT2D eigenvalue weighted by Gasteiger charge is -2.32. The number of nitrogens with zero attached hydrogens (tertiary/aromatic N) is 3. The highest BCUT2D eigenvalue weighted by molar-refractivity contribution is 7.47. The van der Waals surface area contributed by atoms with Crippen LogP contribution in [0.3, 0.4) is 0 Å². The molecule has 7 atom stereocenters. The van der Waals surface area contributed by atoms with E-state index in [1.54, 1.807) is 19.1 Å².